The van der Waals surface area contributed by atoms with Crippen LogP contribution in [-0.2, 0) is 11.3 Å². The van der Waals surface area contributed by atoms with Crippen LogP contribution < -0.4 is 10.6 Å². The first kappa shape index (κ1) is 19.0. The predicted octanol–water partition coefficient (Wildman–Crippen LogP) is 3.60. The van der Waals surface area contributed by atoms with Gasteiger partial charge in [-0.3, -0.25) is 9.78 Å². The average molecular weight is 374 g/mol. The first-order valence-electron chi connectivity index (χ1n) is 7.14. The van der Waals surface area contributed by atoms with Crippen molar-refractivity contribution in [3.8, 4) is 0 Å². The van der Waals surface area contributed by atoms with Gasteiger partial charge in [-0.2, -0.15) is 13.2 Å². The first-order valence-corrected chi connectivity index (χ1v) is 7.52. The van der Waals surface area contributed by atoms with Crippen molar-refractivity contribution in [2.45, 2.75) is 25.2 Å². The van der Waals surface area contributed by atoms with Gasteiger partial charge in [0.05, 0.1) is 10.7 Å². The van der Waals surface area contributed by atoms with Crippen molar-refractivity contribution < 1.29 is 23.1 Å². The molecule has 0 aliphatic carbocycles. The Morgan fingerprint density at radius 1 is 1.24 bits per heavy atom. The normalized spacial score (nSPS) is 13.8. The third-order valence-corrected chi connectivity index (χ3v) is 3.77. The largest absolute Gasteiger partial charge is 0.426 e. The number of alkyl halides is 3. The van der Waals surface area contributed by atoms with Crippen molar-refractivity contribution in [1.29, 1.82) is 0 Å². The fraction of sp³-hybridized carbons (Fsp3) is 0.250. The number of hydrogen-bond donors (Lipinski definition) is 3. The molecule has 0 saturated heterocycles. The van der Waals surface area contributed by atoms with Crippen LogP contribution in [0, 0.1) is 0 Å². The maximum atomic E-state index is 12.7. The minimum Gasteiger partial charge on any atom is -0.381 e. The van der Waals surface area contributed by atoms with Gasteiger partial charge in [0.1, 0.15) is 0 Å². The summed E-state index contributed by atoms with van der Waals surface area (Å²) in [5.41, 5.74) is -1.97. The summed E-state index contributed by atoms with van der Waals surface area (Å²) in [6.07, 6.45) is -1.81. The second kappa shape index (κ2) is 7.28. The Labute approximate surface area is 146 Å². The summed E-state index contributed by atoms with van der Waals surface area (Å²) < 4.78 is 38.0. The topological polar surface area (TPSA) is 74.2 Å². The number of hydrogen-bond acceptors (Lipinski definition) is 4. The van der Waals surface area contributed by atoms with E-state index in [0.29, 0.717) is 19.2 Å². The van der Waals surface area contributed by atoms with E-state index < -0.39 is 17.7 Å². The second-order valence-corrected chi connectivity index (χ2v) is 5.83. The molecule has 0 saturated carbocycles. The monoisotopic (exact) mass is 373 g/mol. The molecule has 0 aliphatic heterocycles. The summed E-state index contributed by atoms with van der Waals surface area (Å²) in [6.45, 7) is 0.869. The van der Waals surface area contributed by atoms with Gasteiger partial charge in [0.2, 0.25) is 5.60 Å². The molecule has 0 aliphatic rings. The van der Waals surface area contributed by atoms with E-state index >= 15 is 0 Å². The molecule has 5 nitrogen and oxygen atoms in total. The molecule has 2 rings (SSSR count). The minimum atomic E-state index is -5.10. The number of nitrogens with one attached hydrogen (secondary N) is 2. The number of nitrogens with zero attached hydrogens (tertiary/aromatic N) is 1. The highest BCUT2D eigenvalue weighted by atomic mass is 35.5. The summed E-state index contributed by atoms with van der Waals surface area (Å²) in [5, 5.41) is 14.4. The van der Waals surface area contributed by atoms with Gasteiger partial charge in [0, 0.05) is 24.6 Å². The summed E-state index contributed by atoms with van der Waals surface area (Å²) in [4.78, 5) is 15.6. The molecule has 3 N–H and O–H groups in total. The molecule has 0 spiro atoms. The SMILES string of the molecule is C[C@@](O)(C(=O)Nc1ccc(NCc2ccncc2)cc1Cl)C(F)(F)F. The highest BCUT2D eigenvalue weighted by Gasteiger charge is 2.55. The van der Waals surface area contributed by atoms with E-state index in [1.807, 2.05) is 17.4 Å². The molecule has 9 heteroatoms. The Hall–Kier alpha value is -2.32. The van der Waals surface area contributed by atoms with E-state index in [4.69, 9.17) is 11.6 Å². The van der Waals surface area contributed by atoms with E-state index in [2.05, 4.69) is 10.3 Å². The number of amides is 1. The Morgan fingerprint density at radius 2 is 1.88 bits per heavy atom. The maximum Gasteiger partial charge on any atom is 0.426 e. The standard InChI is InChI=1S/C16H15ClF3N3O2/c1-15(25,16(18,19)20)14(24)23-13-3-2-11(8-12(13)17)22-9-10-4-6-21-7-5-10/h2-8,22,25H,9H2,1H3,(H,23,24)/t15-/m1/s1. The van der Waals surface area contributed by atoms with Crippen molar-refractivity contribution in [2.24, 2.45) is 0 Å². The predicted molar refractivity (Wildman–Crippen MR) is 88.3 cm³/mol. The van der Waals surface area contributed by atoms with Gasteiger partial charge in [-0.05, 0) is 42.8 Å². The lowest BCUT2D eigenvalue weighted by Gasteiger charge is -2.25. The fourth-order valence-electron chi connectivity index (χ4n) is 1.80. The number of pyridine rings is 1. The summed E-state index contributed by atoms with van der Waals surface area (Å²) in [7, 11) is 0. The van der Waals surface area contributed by atoms with Crippen LogP contribution in [0.2, 0.25) is 5.02 Å². The van der Waals surface area contributed by atoms with Crippen LogP contribution in [0.5, 0.6) is 0 Å². The molecule has 0 fully saturated rings. The van der Waals surface area contributed by atoms with Crippen LogP contribution in [-0.4, -0.2) is 27.8 Å². The third kappa shape index (κ3) is 4.61. The lowest BCUT2D eigenvalue weighted by Crippen LogP contribution is -2.52. The quantitative estimate of drug-likeness (QED) is 0.748. The van der Waals surface area contributed by atoms with Crippen molar-refractivity contribution in [3.63, 3.8) is 0 Å². The van der Waals surface area contributed by atoms with Crippen LogP contribution in [0.1, 0.15) is 12.5 Å². The molecular formula is C16H15ClF3N3O2. The molecule has 1 heterocycles. The molecule has 0 bridgehead atoms. The lowest BCUT2D eigenvalue weighted by molar-refractivity contribution is -0.242. The fourth-order valence-corrected chi connectivity index (χ4v) is 2.03. The van der Waals surface area contributed by atoms with Crippen molar-refractivity contribution in [1.82, 2.24) is 4.98 Å². The van der Waals surface area contributed by atoms with E-state index in [-0.39, 0.29) is 10.7 Å². The van der Waals surface area contributed by atoms with Crippen molar-refractivity contribution in [2.75, 3.05) is 10.6 Å². The zero-order chi connectivity index (χ0) is 18.7. The van der Waals surface area contributed by atoms with Crippen LogP contribution in [0.3, 0.4) is 0 Å². The van der Waals surface area contributed by atoms with Gasteiger partial charge in [0.15, 0.2) is 0 Å². The summed E-state index contributed by atoms with van der Waals surface area (Å²) in [5.74, 6) is -1.61. The van der Waals surface area contributed by atoms with Gasteiger partial charge < -0.3 is 15.7 Å². The molecule has 1 atom stereocenters. The number of aromatic nitrogens is 1. The Kier molecular flexibility index (Phi) is 5.54. The van der Waals surface area contributed by atoms with Gasteiger partial charge in [-0.25, -0.2) is 0 Å². The van der Waals surface area contributed by atoms with Gasteiger partial charge >= 0.3 is 6.18 Å². The smallest absolute Gasteiger partial charge is 0.381 e. The van der Waals surface area contributed by atoms with E-state index in [1.165, 1.54) is 12.1 Å². The Balaban J connectivity index is 2.05. The number of anilines is 2. The molecule has 25 heavy (non-hydrogen) atoms. The van der Waals surface area contributed by atoms with Crippen LogP contribution >= 0.6 is 11.6 Å². The van der Waals surface area contributed by atoms with Crippen molar-refractivity contribution >= 4 is 28.9 Å². The number of benzene rings is 1. The maximum absolute atomic E-state index is 12.7. The highest BCUT2D eigenvalue weighted by molar-refractivity contribution is 6.34. The number of carbonyl (C=O) groups is 1. The zero-order valence-electron chi connectivity index (χ0n) is 13.1. The van der Waals surface area contributed by atoms with E-state index in [9.17, 15) is 23.1 Å². The minimum absolute atomic E-state index is 0.0334. The number of halogens is 4. The molecule has 134 valence electrons. The van der Waals surface area contributed by atoms with Crippen LogP contribution in [0.25, 0.3) is 0 Å². The first-order chi connectivity index (χ1) is 11.6. The third-order valence-electron chi connectivity index (χ3n) is 3.46. The number of aliphatic hydroxyl groups is 1. The van der Waals surface area contributed by atoms with Gasteiger partial charge in [0.25, 0.3) is 5.91 Å². The Bertz CT molecular complexity index is 752. The van der Waals surface area contributed by atoms with E-state index in [1.54, 1.807) is 18.5 Å². The molecule has 2 aromatic rings. The lowest BCUT2D eigenvalue weighted by atomic mass is 10.1. The Morgan fingerprint density at radius 3 is 2.44 bits per heavy atom. The molecule has 1 aromatic carbocycles. The van der Waals surface area contributed by atoms with E-state index in [0.717, 1.165) is 5.56 Å². The molecular weight excluding hydrogens is 359 g/mol. The number of rotatable bonds is 5. The van der Waals surface area contributed by atoms with Crippen LogP contribution in [0.15, 0.2) is 42.7 Å². The number of carbonyl (C=O) groups excluding carboxylic acids is 1. The molecule has 1 amide bonds. The second-order valence-electron chi connectivity index (χ2n) is 5.43. The average Bonchev–Trinajstić information content (AvgIpc) is 2.55. The zero-order valence-corrected chi connectivity index (χ0v) is 13.8. The molecule has 0 unspecified atom stereocenters. The van der Waals surface area contributed by atoms with Gasteiger partial charge in [-0.15, -0.1) is 0 Å². The van der Waals surface area contributed by atoms with Gasteiger partial charge in [-0.1, -0.05) is 11.6 Å². The summed E-state index contributed by atoms with van der Waals surface area (Å²) >= 11 is 5.99. The summed E-state index contributed by atoms with van der Waals surface area (Å²) in [6, 6.07) is 8.00. The highest BCUT2D eigenvalue weighted by Crippen LogP contribution is 2.32. The van der Waals surface area contributed by atoms with Crippen LogP contribution in [0.4, 0.5) is 24.5 Å². The van der Waals surface area contributed by atoms with Crippen molar-refractivity contribution in [3.05, 3.63) is 53.3 Å². The molecule has 0 radical (unpaired) electrons. The molecule has 1 aromatic heterocycles.